The highest BCUT2D eigenvalue weighted by molar-refractivity contribution is 5.43. The van der Waals surface area contributed by atoms with Gasteiger partial charge in [-0.3, -0.25) is 9.88 Å². The van der Waals surface area contributed by atoms with Crippen molar-refractivity contribution in [2.75, 3.05) is 31.1 Å². The van der Waals surface area contributed by atoms with Crippen LogP contribution in [0.2, 0.25) is 0 Å². The minimum Gasteiger partial charge on any atom is -0.354 e. The largest absolute Gasteiger partial charge is 0.354 e. The Hall–Kier alpha value is -2.87. The molecule has 3 aromatic rings. The molecule has 3 aromatic heterocycles. The van der Waals surface area contributed by atoms with E-state index in [9.17, 15) is 4.39 Å². The zero-order valence-electron chi connectivity index (χ0n) is 14.6. The minimum absolute atomic E-state index is 0.245. The van der Waals surface area contributed by atoms with E-state index in [1.807, 2.05) is 25.3 Å². The molecule has 0 spiro atoms. The first-order chi connectivity index (χ1) is 12.7. The van der Waals surface area contributed by atoms with Crippen molar-refractivity contribution in [3.05, 3.63) is 60.2 Å². The summed E-state index contributed by atoms with van der Waals surface area (Å²) in [5.41, 5.74) is 1.63. The predicted molar refractivity (Wildman–Crippen MR) is 95.6 cm³/mol. The van der Waals surface area contributed by atoms with Crippen LogP contribution in [-0.4, -0.2) is 55.8 Å². The van der Waals surface area contributed by atoms with Crippen molar-refractivity contribution >= 4 is 5.82 Å². The Morgan fingerprint density at radius 2 is 1.88 bits per heavy atom. The fraction of sp³-hybridized carbons (Fsp3) is 0.333. The van der Waals surface area contributed by atoms with Gasteiger partial charge in [0, 0.05) is 56.7 Å². The molecule has 0 aromatic carbocycles. The van der Waals surface area contributed by atoms with E-state index in [2.05, 4.69) is 29.9 Å². The average Bonchev–Trinajstić information content (AvgIpc) is 3.11. The summed E-state index contributed by atoms with van der Waals surface area (Å²) in [6.07, 6.45) is 6.36. The molecule has 8 heteroatoms. The molecule has 7 nitrogen and oxygen atoms in total. The molecule has 1 fully saturated rings. The molecule has 0 radical (unpaired) electrons. The summed E-state index contributed by atoms with van der Waals surface area (Å²) in [4.78, 5) is 17.0. The molecule has 1 saturated heterocycles. The number of piperazine rings is 1. The predicted octanol–water partition coefficient (Wildman–Crippen LogP) is 1.83. The highest BCUT2D eigenvalue weighted by Gasteiger charge is 2.19. The van der Waals surface area contributed by atoms with Crippen molar-refractivity contribution in [3.8, 4) is 5.82 Å². The maximum absolute atomic E-state index is 13.8. The number of nitrogens with zero attached hydrogens (tertiary/aromatic N) is 7. The SMILES string of the molecule is Cc1ccn(-c2cc(N3CCN(Cc4ccncc4F)CC3)ncn2)n1. The Morgan fingerprint density at radius 1 is 1.08 bits per heavy atom. The quantitative estimate of drug-likeness (QED) is 0.713. The number of aryl methyl sites for hydroxylation is 1. The zero-order chi connectivity index (χ0) is 17.9. The third-order valence-corrected chi connectivity index (χ3v) is 4.54. The molecule has 0 unspecified atom stereocenters. The van der Waals surface area contributed by atoms with Gasteiger partial charge in [-0.05, 0) is 19.1 Å². The first-order valence-corrected chi connectivity index (χ1v) is 8.59. The summed E-state index contributed by atoms with van der Waals surface area (Å²) in [6, 6.07) is 5.63. The van der Waals surface area contributed by atoms with E-state index >= 15 is 0 Å². The van der Waals surface area contributed by atoms with E-state index in [-0.39, 0.29) is 5.82 Å². The normalized spacial score (nSPS) is 15.4. The maximum Gasteiger partial charge on any atom is 0.158 e. The van der Waals surface area contributed by atoms with Crippen molar-refractivity contribution in [3.63, 3.8) is 0 Å². The van der Waals surface area contributed by atoms with Crippen molar-refractivity contribution in [2.45, 2.75) is 13.5 Å². The lowest BCUT2D eigenvalue weighted by molar-refractivity contribution is 0.246. The van der Waals surface area contributed by atoms with Crippen LogP contribution in [0.25, 0.3) is 5.82 Å². The molecule has 4 heterocycles. The molecule has 0 amide bonds. The first kappa shape index (κ1) is 16.6. The van der Waals surface area contributed by atoms with Gasteiger partial charge in [0.15, 0.2) is 5.82 Å². The Kier molecular flexibility index (Phi) is 4.57. The summed E-state index contributed by atoms with van der Waals surface area (Å²) >= 11 is 0. The molecular formula is C18H20FN7. The van der Waals surface area contributed by atoms with Gasteiger partial charge < -0.3 is 4.90 Å². The molecule has 26 heavy (non-hydrogen) atoms. The molecule has 0 saturated carbocycles. The second-order valence-corrected chi connectivity index (χ2v) is 6.37. The molecular weight excluding hydrogens is 333 g/mol. The third-order valence-electron chi connectivity index (χ3n) is 4.54. The smallest absolute Gasteiger partial charge is 0.158 e. The number of pyridine rings is 1. The lowest BCUT2D eigenvalue weighted by Crippen LogP contribution is -2.46. The van der Waals surface area contributed by atoms with E-state index in [0.717, 1.165) is 43.5 Å². The van der Waals surface area contributed by atoms with Crippen LogP contribution in [-0.2, 0) is 6.54 Å². The van der Waals surface area contributed by atoms with Gasteiger partial charge in [-0.25, -0.2) is 19.0 Å². The van der Waals surface area contributed by atoms with Crippen LogP contribution in [0.15, 0.2) is 43.1 Å². The van der Waals surface area contributed by atoms with Gasteiger partial charge in [-0.1, -0.05) is 0 Å². The lowest BCUT2D eigenvalue weighted by Gasteiger charge is -2.35. The van der Waals surface area contributed by atoms with Gasteiger partial charge in [0.25, 0.3) is 0 Å². The van der Waals surface area contributed by atoms with Crippen LogP contribution in [0.5, 0.6) is 0 Å². The van der Waals surface area contributed by atoms with Gasteiger partial charge in [-0.15, -0.1) is 0 Å². The van der Waals surface area contributed by atoms with Crippen LogP contribution in [0.4, 0.5) is 10.2 Å². The number of halogens is 1. The van der Waals surface area contributed by atoms with E-state index in [0.29, 0.717) is 12.1 Å². The van der Waals surface area contributed by atoms with E-state index < -0.39 is 0 Å². The van der Waals surface area contributed by atoms with Crippen LogP contribution in [0, 0.1) is 12.7 Å². The monoisotopic (exact) mass is 353 g/mol. The number of hydrogen-bond donors (Lipinski definition) is 0. The molecule has 0 bridgehead atoms. The Morgan fingerprint density at radius 3 is 2.62 bits per heavy atom. The minimum atomic E-state index is -0.245. The van der Waals surface area contributed by atoms with Gasteiger partial charge >= 0.3 is 0 Å². The van der Waals surface area contributed by atoms with E-state index in [4.69, 9.17) is 0 Å². The van der Waals surface area contributed by atoms with E-state index in [1.165, 1.54) is 6.20 Å². The van der Waals surface area contributed by atoms with Crippen LogP contribution < -0.4 is 4.90 Å². The van der Waals surface area contributed by atoms with Gasteiger partial charge in [0.1, 0.15) is 18.0 Å². The maximum atomic E-state index is 13.8. The Bertz CT molecular complexity index is 887. The van der Waals surface area contributed by atoms with Crippen molar-refractivity contribution in [1.82, 2.24) is 29.6 Å². The summed E-state index contributed by atoms with van der Waals surface area (Å²) in [6.45, 7) is 5.92. The van der Waals surface area contributed by atoms with E-state index in [1.54, 1.807) is 23.3 Å². The van der Waals surface area contributed by atoms with Gasteiger partial charge in [0.2, 0.25) is 0 Å². The number of aromatic nitrogens is 5. The number of anilines is 1. The molecule has 0 N–H and O–H groups in total. The molecule has 0 atom stereocenters. The number of rotatable bonds is 4. The van der Waals surface area contributed by atoms with Gasteiger partial charge in [0.05, 0.1) is 11.9 Å². The Balaban J connectivity index is 1.41. The summed E-state index contributed by atoms with van der Waals surface area (Å²) in [5, 5.41) is 4.39. The fourth-order valence-corrected chi connectivity index (χ4v) is 3.09. The summed E-state index contributed by atoms with van der Waals surface area (Å²) < 4.78 is 15.5. The topological polar surface area (TPSA) is 63.0 Å². The molecule has 4 rings (SSSR count). The fourth-order valence-electron chi connectivity index (χ4n) is 3.09. The van der Waals surface area contributed by atoms with Crippen molar-refractivity contribution in [2.24, 2.45) is 0 Å². The van der Waals surface area contributed by atoms with Crippen LogP contribution in [0.1, 0.15) is 11.3 Å². The number of hydrogen-bond acceptors (Lipinski definition) is 6. The summed E-state index contributed by atoms with van der Waals surface area (Å²) in [7, 11) is 0. The summed E-state index contributed by atoms with van der Waals surface area (Å²) in [5.74, 6) is 1.40. The van der Waals surface area contributed by atoms with Crippen LogP contribution >= 0.6 is 0 Å². The molecule has 134 valence electrons. The van der Waals surface area contributed by atoms with Crippen LogP contribution in [0.3, 0.4) is 0 Å². The highest BCUT2D eigenvalue weighted by atomic mass is 19.1. The van der Waals surface area contributed by atoms with Crippen molar-refractivity contribution < 1.29 is 4.39 Å². The molecule has 1 aliphatic heterocycles. The first-order valence-electron chi connectivity index (χ1n) is 8.59. The zero-order valence-corrected chi connectivity index (χ0v) is 14.6. The lowest BCUT2D eigenvalue weighted by atomic mass is 10.2. The van der Waals surface area contributed by atoms with Crippen molar-refractivity contribution in [1.29, 1.82) is 0 Å². The highest BCUT2D eigenvalue weighted by Crippen LogP contribution is 2.17. The average molecular weight is 353 g/mol. The second-order valence-electron chi connectivity index (χ2n) is 6.37. The molecule has 0 aliphatic carbocycles. The third kappa shape index (κ3) is 3.55. The van der Waals surface area contributed by atoms with Gasteiger partial charge in [-0.2, -0.15) is 5.10 Å². The second kappa shape index (κ2) is 7.17. The standard InChI is InChI=1S/C18H20FN7/c1-14-3-5-26(23-14)18-10-17(21-13-22-18)25-8-6-24(7-9-25)12-15-2-4-20-11-16(15)19/h2-5,10-11,13H,6-9,12H2,1H3. The Labute approximate surface area is 151 Å². The molecule has 1 aliphatic rings.